The van der Waals surface area contributed by atoms with Crippen molar-refractivity contribution < 1.29 is 0 Å². The summed E-state index contributed by atoms with van der Waals surface area (Å²) < 4.78 is 0.469. The Labute approximate surface area is 163 Å². The van der Waals surface area contributed by atoms with E-state index in [9.17, 15) is 0 Å². The molecule has 4 unspecified atom stereocenters. The molecular formula is C24H37Br. The highest BCUT2D eigenvalue weighted by Crippen LogP contribution is 2.83. The Morgan fingerprint density at radius 2 is 1.00 bits per heavy atom. The molecule has 0 aromatic carbocycles. The fourth-order valence-corrected chi connectivity index (χ4v) is 14.0. The van der Waals surface area contributed by atoms with Crippen molar-refractivity contribution in [1.82, 2.24) is 0 Å². The number of alkyl halides is 1. The molecular weight excluding hydrogens is 368 g/mol. The van der Waals surface area contributed by atoms with Gasteiger partial charge in [0.1, 0.15) is 0 Å². The van der Waals surface area contributed by atoms with Crippen molar-refractivity contribution in [2.45, 2.75) is 109 Å². The second-order valence-electron chi connectivity index (χ2n) is 14.0. The third-order valence-electron chi connectivity index (χ3n) is 10.3. The lowest BCUT2D eigenvalue weighted by atomic mass is 9.28. The summed E-state index contributed by atoms with van der Waals surface area (Å²) in [5.74, 6) is 1.05. The lowest BCUT2D eigenvalue weighted by Crippen LogP contribution is -2.69. The Morgan fingerprint density at radius 1 is 0.520 bits per heavy atom. The van der Waals surface area contributed by atoms with Crippen molar-refractivity contribution in [1.29, 1.82) is 0 Å². The van der Waals surface area contributed by atoms with Gasteiger partial charge in [-0.1, -0.05) is 43.6 Å². The van der Waals surface area contributed by atoms with Crippen LogP contribution in [0.25, 0.3) is 0 Å². The Hall–Kier alpha value is 0.480. The summed E-state index contributed by atoms with van der Waals surface area (Å²) >= 11 is 4.37. The van der Waals surface area contributed by atoms with Gasteiger partial charge >= 0.3 is 0 Å². The number of halogens is 1. The fraction of sp³-hybridized carbons (Fsp3) is 1.00. The first-order valence-electron chi connectivity index (χ1n) is 11.1. The molecule has 8 saturated carbocycles. The van der Waals surface area contributed by atoms with Crippen LogP contribution in [0.5, 0.6) is 0 Å². The van der Waals surface area contributed by atoms with Gasteiger partial charge in [-0.2, -0.15) is 0 Å². The molecule has 8 fully saturated rings. The number of rotatable bonds is 1. The Kier molecular flexibility index (Phi) is 2.69. The molecule has 8 rings (SSSR count). The average molecular weight is 405 g/mol. The van der Waals surface area contributed by atoms with E-state index in [1.807, 2.05) is 0 Å². The second-order valence-corrected chi connectivity index (χ2v) is 15.7. The van der Waals surface area contributed by atoms with Crippen molar-refractivity contribution in [2.75, 3.05) is 0 Å². The highest BCUT2D eigenvalue weighted by Gasteiger charge is 2.73. The maximum atomic E-state index is 4.37. The van der Waals surface area contributed by atoms with Crippen molar-refractivity contribution >= 4 is 15.9 Å². The van der Waals surface area contributed by atoms with E-state index in [0.29, 0.717) is 36.8 Å². The zero-order valence-corrected chi connectivity index (χ0v) is 18.5. The van der Waals surface area contributed by atoms with Crippen molar-refractivity contribution in [2.24, 2.45) is 38.4 Å². The molecule has 0 aromatic heterocycles. The standard InChI is InChI=1S/C24H37Br/c1-18-5-17-6-19(2,8-18)11-22(7-17,10-18)23-12-20(3)9-21(4,13-23)15-24(25,14-20)16-23/h17H,5-16H2,1-4H3/t17?,18-,19+,20-,21+,22?,23?,24?. The van der Waals surface area contributed by atoms with Crippen LogP contribution in [-0.4, -0.2) is 4.32 Å². The zero-order chi connectivity index (χ0) is 17.6. The van der Waals surface area contributed by atoms with Crippen LogP contribution < -0.4 is 0 Å². The average Bonchev–Trinajstić information content (AvgIpc) is 2.26. The minimum Gasteiger partial charge on any atom is -0.0853 e. The van der Waals surface area contributed by atoms with Crippen LogP contribution in [0.2, 0.25) is 0 Å². The Balaban J connectivity index is 1.51. The Morgan fingerprint density at radius 3 is 1.48 bits per heavy atom. The van der Waals surface area contributed by atoms with E-state index < -0.39 is 0 Å². The van der Waals surface area contributed by atoms with E-state index >= 15 is 0 Å². The summed E-state index contributed by atoms with van der Waals surface area (Å²) in [5, 5.41) is 0. The quantitative estimate of drug-likeness (QED) is 0.396. The molecule has 0 spiro atoms. The summed E-state index contributed by atoms with van der Waals surface area (Å²) in [6.45, 7) is 10.7. The molecule has 8 bridgehead atoms. The van der Waals surface area contributed by atoms with Gasteiger partial charge in [0.15, 0.2) is 0 Å². The summed E-state index contributed by atoms with van der Waals surface area (Å²) in [4.78, 5) is 0. The molecule has 140 valence electrons. The number of hydrogen-bond donors (Lipinski definition) is 0. The van der Waals surface area contributed by atoms with Crippen molar-refractivity contribution in [3.63, 3.8) is 0 Å². The molecule has 0 heterocycles. The molecule has 0 aliphatic heterocycles. The molecule has 8 aliphatic carbocycles. The lowest BCUT2D eigenvalue weighted by Gasteiger charge is -2.77. The van der Waals surface area contributed by atoms with Gasteiger partial charge < -0.3 is 0 Å². The molecule has 0 saturated heterocycles. The van der Waals surface area contributed by atoms with Crippen molar-refractivity contribution in [3.8, 4) is 0 Å². The predicted octanol–water partition coefficient (Wildman–Crippen LogP) is 7.50. The minimum atomic E-state index is 0.469. The van der Waals surface area contributed by atoms with E-state index in [4.69, 9.17) is 0 Å². The van der Waals surface area contributed by atoms with Gasteiger partial charge in [0.05, 0.1) is 0 Å². The fourth-order valence-electron chi connectivity index (χ4n) is 12.2. The van der Waals surface area contributed by atoms with E-state index in [0.717, 1.165) is 5.92 Å². The molecule has 0 aromatic rings. The lowest BCUT2D eigenvalue weighted by molar-refractivity contribution is -0.258. The molecule has 8 atom stereocenters. The number of hydrogen-bond acceptors (Lipinski definition) is 0. The molecule has 0 radical (unpaired) electrons. The van der Waals surface area contributed by atoms with Crippen LogP contribution in [0, 0.1) is 38.4 Å². The predicted molar refractivity (Wildman–Crippen MR) is 108 cm³/mol. The van der Waals surface area contributed by atoms with Crippen molar-refractivity contribution in [3.05, 3.63) is 0 Å². The van der Waals surface area contributed by atoms with E-state index in [2.05, 4.69) is 43.6 Å². The molecule has 25 heavy (non-hydrogen) atoms. The maximum absolute atomic E-state index is 4.37. The first-order valence-corrected chi connectivity index (χ1v) is 11.9. The summed E-state index contributed by atoms with van der Waals surface area (Å²) in [5.41, 5.74) is 3.88. The van der Waals surface area contributed by atoms with Crippen LogP contribution in [0.3, 0.4) is 0 Å². The van der Waals surface area contributed by atoms with Crippen LogP contribution in [0.4, 0.5) is 0 Å². The minimum absolute atomic E-state index is 0.469. The summed E-state index contributed by atoms with van der Waals surface area (Å²) in [6.07, 6.45) is 18.4. The van der Waals surface area contributed by atoms with Crippen LogP contribution in [0.1, 0.15) is 105 Å². The van der Waals surface area contributed by atoms with Crippen LogP contribution in [0.15, 0.2) is 0 Å². The van der Waals surface area contributed by atoms with Gasteiger partial charge in [0.2, 0.25) is 0 Å². The first kappa shape index (κ1) is 16.4. The molecule has 0 nitrogen and oxygen atoms in total. The van der Waals surface area contributed by atoms with Gasteiger partial charge in [-0.15, -0.1) is 0 Å². The normalized spacial score (nSPS) is 70.2. The third-order valence-corrected chi connectivity index (χ3v) is 11.1. The van der Waals surface area contributed by atoms with Gasteiger partial charge in [-0.05, 0) is 115 Å². The smallest absolute Gasteiger partial charge is 0.0273 e. The molecule has 8 aliphatic rings. The molecule has 1 heteroatoms. The second kappa shape index (κ2) is 4.08. The van der Waals surface area contributed by atoms with E-state index in [-0.39, 0.29) is 0 Å². The Bertz CT molecular complexity index is 589. The topological polar surface area (TPSA) is 0 Å². The summed E-state index contributed by atoms with van der Waals surface area (Å²) in [7, 11) is 0. The third kappa shape index (κ3) is 2.01. The zero-order valence-electron chi connectivity index (χ0n) is 16.9. The van der Waals surface area contributed by atoms with Gasteiger partial charge in [0.25, 0.3) is 0 Å². The van der Waals surface area contributed by atoms with Crippen LogP contribution >= 0.6 is 15.9 Å². The van der Waals surface area contributed by atoms with E-state index in [1.54, 1.807) is 44.9 Å². The highest BCUT2D eigenvalue weighted by atomic mass is 79.9. The van der Waals surface area contributed by atoms with Crippen LogP contribution in [-0.2, 0) is 0 Å². The van der Waals surface area contributed by atoms with E-state index in [1.165, 1.54) is 32.1 Å². The van der Waals surface area contributed by atoms with Gasteiger partial charge in [-0.25, -0.2) is 0 Å². The highest BCUT2D eigenvalue weighted by molar-refractivity contribution is 9.10. The van der Waals surface area contributed by atoms with Gasteiger partial charge in [-0.3, -0.25) is 0 Å². The monoisotopic (exact) mass is 404 g/mol. The summed E-state index contributed by atoms with van der Waals surface area (Å²) in [6, 6.07) is 0. The van der Waals surface area contributed by atoms with Gasteiger partial charge in [0, 0.05) is 4.32 Å². The maximum Gasteiger partial charge on any atom is 0.0273 e. The largest absolute Gasteiger partial charge is 0.0853 e. The SMILES string of the molecule is C[C@]12CC3CC(C45CC6(Br)C[C@@](C)(C4)C[C@](C)(C6)C5)(C1)C[C@@](C)(C3)C2. The molecule has 0 N–H and O–H groups in total. The molecule has 0 amide bonds. The first-order chi connectivity index (χ1) is 11.4.